The average Bonchev–Trinajstić information content (AvgIpc) is 2.80. The molecule has 2 N–H and O–H groups in total. The molecule has 0 saturated carbocycles. The first kappa shape index (κ1) is 12.1. The second kappa shape index (κ2) is 5.82. The van der Waals surface area contributed by atoms with Crippen LogP contribution in [0.15, 0.2) is 44.7 Å². The van der Waals surface area contributed by atoms with Gasteiger partial charge in [-0.15, -0.1) is 11.3 Å². The van der Waals surface area contributed by atoms with Gasteiger partial charge in [0.1, 0.15) is 4.34 Å². The van der Waals surface area contributed by atoms with Crippen LogP contribution in [0, 0.1) is 0 Å². The molecule has 0 spiro atoms. The van der Waals surface area contributed by atoms with Gasteiger partial charge < -0.3 is 5.73 Å². The van der Waals surface area contributed by atoms with Gasteiger partial charge in [-0.2, -0.15) is 0 Å². The Hall–Kier alpha value is -0.360. The predicted molar refractivity (Wildman–Crippen MR) is 73.9 cm³/mol. The van der Waals surface area contributed by atoms with Crippen LogP contribution >= 0.6 is 39.0 Å². The fourth-order valence-corrected chi connectivity index (χ4v) is 3.97. The molecule has 84 valence electrons. The van der Waals surface area contributed by atoms with Gasteiger partial charge in [-0.05, 0) is 11.6 Å². The molecule has 0 aliphatic carbocycles. The molecule has 1 aromatic carbocycles. The topological polar surface area (TPSA) is 38.9 Å². The zero-order valence-corrected chi connectivity index (χ0v) is 11.7. The number of benzene rings is 1. The van der Waals surface area contributed by atoms with E-state index in [1.165, 1.54) is 5.56 Å². The molecule has 0 aliphatic heterocycles. The lowest BCUT2D eigenvalue weighted by molar-refractivity contribution is 0.934. The number of rotatable bonds is 4. The summed E-state index contributed by atoms with van der Waals surface area (Å²) in [5.41, 5.74) is 7.05. The summed E-state index contributed by atoms with van der Waals surface area (Å²) >= 11 is 6.92. The standard InChI is InChI=1S/C11H11BrN2S2/c12-9-4-2-1-3-8(9)10(7-13)16-11-14-5-6-15-11/h1-6,10H,7,13H2. The highest BCUT2D eigenvalue weighted by Crippen LogP contribution is 2.38. The largest absolute Gasteiger partial charge is 0.329 e. The summed E-state index contributed by atoms with van der Waals surface area (Å²) in [7, 11) is 0. The number of thiazole rings is 1. The van der Waals surface area contributed by atoms with Crippen LogP contribution in [-0.2, 0) is 0 Å². The molecular weight excluding hydrogens is 304 g/mol. The van der Waals surface area contributed by atoms with Crippen molar-refractivity contribution in [3.05, 3.63) is 45.9 Å². The molecule has 2 nitrogen and oxygen atoms in total. The van der Waals surface area contributed by atoms with Crippen molar-refractivity contribution in [3.63, 3.8) is 0 Å². The number of halogens is 1. The van der Waals surface area contributed by atoms with E-state index in [0.717, 1.165) is 8.81 Å². The predicted octanol–water partition coefficient (Wildman–Crippen LogP) is 3.70. The molecular formula is C11H11BrN2S2. The minimum Gasteiger partial charge on any atom is -0.329 e. The monoisotopic (exact) mass is 314 g/mol. The normalized spacial score (nSPS) is 12.6. The summed E-state index contributed by atoms with van der Waals surface area (Å²) in [6.07, 6.45) is 1.82. The van der Waals surface area contributed by atoms with Crippen LogP contribution in [-0.4, -0.2) is 11.5 Å². The smallest absolute Gasteiger partial charge is 0.150 e. The van der Waals surface area contributed by atoms with Crippen molar-refractivity contribution in [2.24, 2.45) is 5.73 Å². The van der Waals surface area contributed by atoms with E-state index >= 15 is 0 Å². The zero-order valence-electron chi connectivity index (χ0n) is 8.47. The average molecular weight is 315 g/mol. The number of aromatic nitrogens is 1. The number of hydrogen-bond acceptors (Lipinski definition) is 4. The SMILES string of the molecule is NCC(Sc1nccs1)c1ccccc1Br. The molecule has 5 heteroatoms. The molecule has 1 heterocycles. The molecule has 0 amide bonds. The molecule has 2 rings (SSSR count). The summed E-state index contributed by atoms with van der Waals surface area (Å²) in [5.74, 6) is 0. The molecule has 0 saturated heterocycles. The summed E-state index contributed by atoms with van der Waals surface area (Å²) in [4.78, 5) is 4.27. The zero-order chi connectivity index (χ0) is 11.4. The summed E-state index contributed by atoms with van der Waals surface area (Å²) in [5, 5.41) is 2.23. The highest BCUT2D eigenvalue weighted by molar-refractivity contribution is 9.10. The van der Waals surface area contributed by atoms with Crippen molar-refractivity contribution in [1.82, 2.24) is 4.98 Å². The maximum atomic E-state index is 5.83. The van der Waals surface area contributed by atoms with Gasteiger partial charge >= 0.3 is 0 Å². The first-order valence-electron chi connectivity index (χ1n) is 4.82. The summed E-state index contributed by atoms with van der Waals surface area (Å²) < 4.78 is 2.17. The van der Waals surface area contributed by atoms with E-state index in [0.29, 0.717) is 6.54 Å². The minimum atomic E-state index is 0.252. The highest BCUT2D eigenvalue weighted by Gasteiger charge is 2.15. The van der Waals surface area contributed by atoms with Crippen LogP contribution in [0.1, 0.15) is 10.8 Å². The van der Waals surface area contributed by atoms with E-state index in [1.54, 1.807) is 23.1 Å². The third-order valence-electron chi connectivity index (χ3n) is 2.12. The molecule has 0 fully saturated rings. The van der Waals surface area contributed by atoms with E-state index in [2.05, 4.69) is 27.0 Å². The van der Waals surface area contributed by atoms with Gasteiger partial charge in [0, 0.05) is 22.6 Å². The molecule has 16 heavy (non-hydrogen) atoms. The molecule has 2 aromatic rings. The Morgan fingerprint density at radius 2 is 2.25 bits per heavy atom. The van der Waals surface area contributed by atoms with E-state index < -0.39 is 0 Å². The Labute approximate surface area is 111 Å². The third-order valence-corrected chi connectivity index (χ3v) is 5.02. The fraction of sp³-hybridized carbons (Fsp3) is 0.182. The molecule has 0 bridgehead atoms. The Kier molecular flexibility index (Phi) is 4.40. The lowest BCUT2D eigenvalue weighted by atomic mass is 10.1. The number of nitrogens with two attached hydrogens (primary N) is 1. The quantitative estimate of drug-likeness (QED) is 0.875. The second-order valence-corrected chi connectivity index (χ2v) is 6.36. The highest BCUT2D eigenvalue weighted by atomic mass is 79.9. The molecule has 0 aliphatic rings. The van der Waals surface area contributed by atoms with Crippen molar-refractivity contribution in [1.29, 1.82) is 0 Å². The van der Waals surface area contributed by atoms with Gasteiger partial charge in [0.05, 0.1) is 5.25 Å². The van der Waals surface area contributed by atoms with Crippen molar-refractivity contribution < 1.29 is 0 Å². The van der Waals surface area contributed by atoms with Gasteiger partial charge in [0.2, 0.25) is 0 Å². The molecule has 1 aromatic heterocycles. The van der Waals surface area contributed by atoms with E-state index in [4.69, 9.17) is 5.73 Å². The lowest BCUT2D eigenvalue weighted by Crippen LogP contribution is -2.09. The first-order valence-corrected chi connectivity index (χ1v) is 7.37. The van der Waals surface area contributed by atoms with E-state index in [9.17, 15) is 0 Å². The fourth-order valence-electron chi connectivity index (χ4n) is 1.37. The summed E-state index contributed by atoms with van der Waals surface area (Å²) in [6, 6.07) is 8.18. The Morgan fingerprint density at radius 3 is 2.88 bits per heavy atom. The van der Waals surface area contributed by atoms with Crippen LogP contribution in [0.3, 0.4) is 0 Å². The van der Waals surface area contributed by atoms with Crippen molar-refractivity contribution >= 4 is 39.0 Å². The van der Waals surface area contributed by atoms with Crippen LogP contribution in [0.4, 0.5) is 0 Å². The van der Waals surface area contributed by atoms with Gasteiger partial charge in [-0.25, -0.2) is 4.98 Å². The lowest BCUT2D eigenvalue weighted by Gasteiger charge is -2.14. The van der Waals surface area contributed by atoms with E-state index in [1.807, 2.05) is 29.8 Å². The Bertz CT molecular complexity index is 445. The van der Waals surface area contributed by atoms with Gasteiger partial charge in [0.25, 0.3) is 0 Å². The van der Waals surface area contributed by atoms with Crippen molar-refractivity contribution in [2.45, 2.75) is 9.59 Å². The van der Waals surface area contributed by atoms with Gasteiger partial charge in [0.15, 0.2) is 0 Å². The first-order chi connectivity index (χ1) is 7.81. The second-order valence-electron chi connectivity index (χ2n) is 3.16. The minimum absolute atomic E-state index is 0.252. The molecule has 1 atom stereocenters. The van der Waals surface area contributed by atoms with Crippen LogP contribution < -0.4 is 5.73 Å². The van der Waals surface area contributed by atoms with Crippen LogP contribution in [0.2, 0.25) is 0 Å². The van der Waals surface area contributed by atoms with Crippen molar-refractivity contribution in [2.75, 3.05) is 6.54 Å². The van der Waals surface area contributed by atoms with Gasteiger partial charge in [-0.1, -0.05) is 45.9 Å². The number of hydrogen-bond donors (Lipinski definition) is 1. The third kappa shape index (κ3) is 2.85. The number of nitrogens with zero attached hydrogens (tertiary/aromatic N) is 1. The Morgan fingerprint density at radius 1 is 1.44 bits per heavy atom. The maximum Gasteiger partial charge on any atom is 0.150 e. The van der Waals surface area contributed by atoms with Crippen LogP contribution in [0.25, 0.3) is 0 Å². The number of thioether (sulfide) groups is 1. The maximum absolute atomic E-state index is 5.83. The van der Waals surface area contributed by atoms with Crippen LogP contribution in [0.5, 0.6) is 0 Å². The molecule has 0 radical (unpaired) electrons. The Balaban J connectivity index is 2.20. The van der Waals surface area contributed by atoms with Crippen molar-refractivity contribution in [3.8, 4) is 0 Å². The summed E-state index contributed by atoms with van der Waals surface area (Å²) in [6.45, 7) is 0.604. The molecule has 1 unspecified atom stereocenters. The van der Waals surface area contributed by atoms with Gasteiger partial charge in [-0.3, -0.25) is 0 Å². The van der Waals surface area contributed by atoms with E-state index in [-0.39, 0.29) is 5.25 Å².